The minimum atomic E-state index is -0.976. The average molecular weight is 269 g/mol. The standard InChI is InChI=1S/C14H17ClO3/c15-12-8-11(14(16)17)6-7-13(12)18-9-10-4-2-1-3-5-10/h6-8,10H,1-5,9H2,(H,16,17). The molecule has 1 fully saturated rings. The lowest BCUT2D eigenvalue weighted by molar-refractivity contribution is 0.0697. The van der Waals surface area contributed by atoms with Crippen molar-refractivity contribution in [1.29, 1.82) is 0 Å². The van der Waals surface area contributed by atoms with Gasteiger partial charge in [-0.05, 0) is 37.0 Å². The van der Waals surface area contributed by atoms with Crippen molar-refractivity contribution in [1.82, 2.24) is 0 Å². The summed E-state index contributed by atoms with van der Waals surface area (Å²) in [4.78, 5) is 10.8. The maximum absolute atomic E-state index is 10.8. The molecule has 0 spiro atoms. The van der Waals surface area contributed by atoms with Crippen LogP contribution in [0.1, 0.15) is 42.5 Å². The summed E-state index contributed by atoms with van der Waals surface area (Å²) in [5.74, 6) is 0.205. The van der Waals surface area contributed by atoms with Crippen molar-refractivity contribution in [3.05, 3.63) is 28.8 Å². The Morgan fingerprint density at radius 1 is 1.33 bits per heavy atom. The van der Waals surface area contributed by atoms with Gasteiger partial charge in [0.15, 0.2) is 0 Å². The van der Waals surface area contributed by atoms with Crippen LogP contribution in [0.4, 0.5) is 0 Å². The number of rotatable bonds is 4. The summed E-state index contributed by atoms with van der Waals surface area (Å²) in [6, 6.07) is 4.58. The van der Waals surface area contributed by atoms with E-state index in [1.807, 2.05) is 0 Å². The van der Waals surface area contributed by atoms with Crippen molar-refractivity contribution >= 4 is 17.6 Å². The van der Waals surface area contributed by atoms with E-state index in [4.69, 9.17) is 21.4 Å². The Hall–Kier alpha value is -1.22. The summed E-state index contributed by atoms with van der Waals surface area (Å²) in [6.07, 6.45) is 6.31. The molecule has 1 aliphatic rings. The normalized spacial score (nSPS) is 16.5. The zero-order valence-electron chi connectivity index (χ0n) is 10.2. The Balaban J connectivity index is 1.94. The summed E-state index contributed by atoms with van der Waals surface area (Å²) in [5.41, 5.74) is 0.185. The molecule has 0 radical (unpaired) electrons. The van der Waals surface area contributed by atoms with Crippen molar-refractivity contribution < 1.29 is 14.6 Å². The first-order valence-electron chi connectivity index (χ1n) is 6.32. The molecule has 1 aromatic carbocycles. The Bertz CT molecular complexity index is 425. The van der Waals surface area contributed by atoms with Gasteiger partial charge in [-0.1, -0.05) is 30.9 Å². The highest BCUT2D eigenvalue weighted by Crippen LogP contribution is 2.28. The second-order valence-electron chi connectivity index (χ2n) is 4.77. The number of hydrogen-bond acceptors (Lipinski definition) is 2. The molecule has 2 rings (SSSR count). The van der Waals surface area contributed by atoms with Gasteiger partial charge in [0.25, 0.3) is 0 Å². The van der Waals surface area contributed by atoms with Crippen LogP contribution in [-0.4, -0.2) is 17.7 Å². The number of benzene rings is 1. The maximum Gasteiger partial charge on any atom is 0.335 e. The lowest BCUT2D eigenvalue weighted by Crippen LogP contribution is -2.15. The van der Waals surface area contributed by atoms with Crippen molar-refractivity contribution in [2.45, 2.75) is 32.1 Å². The van der Waals surface area contributed by atoms with Gasteiger partial charge in [-0.3, -0.25) is 0 Å². The predicted molar refractivity (Wildman–Crippen MR) is 70.5 cm³/mol. The summed E-state index contributed by atoms with van der Waals surface area (Å²) in [5, 5.41) is 9.20. The van der Waals surface area contributed by atoms with Gasteiger partial charge in [-0.15, -0.1) is 0 Å². The molecule has 4 heteroatoms. The van der Waals surface area contributed by atoms with E-state index in [1.54, 1.807) is 6.07 Å². The zero-order valence-corrected chi connectivity index (χ0v) is 10.9. The Morgan fingerprint density at radius 3 is 2.67 bits per heavy atom. The molecular formula is C14H17ClO3. The predicted octanol–water partition coefficient (Wildman–Crippen LogP) is 4.00. The molecule has 0 amide bonds. The molecule has 98 valence electrons. The molecule has 18 heavy (non-hydrogen) atoms. The van der Waals surface area contributed by atoms with E-state index in [1.165, 1.54) is 44.2 Å². The third kappa shape index (κ3) is 3.39. The van der Waals surface area contributed by atoms with Crippen molar-refractivity contribution in [3.8, 4) is 5.75 Å². The van der Waals surface area contributed by atoms with Gasteiger partial charge in [0.1, 0.15) is 5.75 Å². The number of carboxylic acids is 1. The fourth-order valence-electron chi connectivity index (χ4n) is 2.31. The first kappa shape index (κ1) is 13.2. The molecule has 0 unspecified atom stereocenters. The van der Waals surface area contributed by atoms with Gasteiger partial charge in [0.05, 0.1) is 17.2 Å². The first-order valence-corrected chi connectivity index (χ1v) is 6.70. The highest BCUT2D eigenvalue weighted by molar-refractivity contribution is 6.32. The smallest absolute Gasteiger partial charge is 0.335 e. The zero-order chi connectivity index (χ0) is 13.0. The number of aromatic carboxylic acids is 1. The van der Waals surface area contributed by atoms with Gasteiger partial charge in [0.2, 0.25) is 0 Å². The summed E-state index contributed by atoms with van der Waals surface area (Å²) >= 11 is 6.00. The molecule has 3 nitrogen and oxygen atoms in total. The molecular weight excluding hydrogens is 252 g/mol. The minimum absolute atomic E-state index is 0.185. The lowest BCUT2D eigenvalue weighted by atomic mass is 9.90. The largest absolute Gasteiger partial charge is 0.492 e. The van der Waals surface area contributed by atoms with E-state index in [0.717, 1.165) is 0 Å². The number of hydrogen-bond donors (Lipinski definition) is 1. The number of ether oxygens (including phenoxy) is 1. The topological polar surface area (TPSA) is 46.5 Å². The highest BCUT2D eigenvalue weighted by Gasteiger charge is 2.15. The molecule has 0 bridgehead atoms. The summed E-state index contributed by atoms with van der Waals surface area (Å²) in [6.45, 7) is 0.673. The molecule has 0 heterocycles. The second kappa shape index (κ2) is 6.10. The van der Waals surface area contributed by atoms with Crippen molar-refractivity contribution in [2.75, 3.05) is 6.61 Å². The average Bonchev–Trinajstić information content (AvgIpc) is 2.38. The first-order chi connectivity index (χ1) is 8.66. The quantitative estimate of drug-likeness (QED) is 0.898. The van der Waals surface area contributed by atoms with Gasteiger partial charge >= 0.3 is 5.97 Å². The van der Waals surface area contributed by atoms with Crippen molar-refractivity contribution in [3.63, 3.8) is 0 Å². The Labute approximate surface area is 112 Å². The summed E-state index contributed by atoms with van der Waals surface area (Å²) < 4.78 is 5.69. The molecule has 1 N–H and O–H groups in total. The van der Waals surface area contributed by atoms with Crippen LogP contribution in [0.15, 0.2) is 18.2 Å². The van der Waals surface area contributed by atoms with Gasteiger partial charge < -0.3 is 9.84 Å². The van der Waals surface area contributed by atoms with Crippen LogP contribution < -0.4 is 4.74 Å². The third-order valence-corrected chi connectivity index (χ3v) is 3.67. The van der Waals surface area contributed by atoms with Crippen LogP contribution in [0.5, 0.6) is 5.75 Å². The van der Waals surface area contributed by atoms with E-state index in [2.05, 4.69) is 0 Å². The molecule has 0 saturated heterocycles. The van der Waals surface area contributed by atoms with E-state index in [-0.39, 0.29) is 5.56 Å². The minimum Gasteiger partial charge on any atom is -0.492 e. The lowest BCUT2D eigenvalue weighted by Gasteiger charge is -2.21. The highest BCUT2D eigenvalue weighted by atomic mass is 35.5. The number of carboxylic acid groups (broad SMARTS) is 1. The number of carbonyl (C=O) groups is 1. The van der Waals surface area contributed by atoms with Crippen LogP contribution in [-0.2, 0) is 0 Å². The van der Waals surface area contributed by atoms with Crippen LogP contribution in [0.2, 0.25) is 5.02 Å². The number of halogens is 1. The molecule has 1 aromatic rings. The van der Waals surface area contributed by atoms with E-state index in [9.17, 15) is 4.79 Å². The van der Waals surface area contributed by atoms with E-state index >= 15 is 0 Å². The molecule has 0 aliphatic heterocycles. The van der Waals surface area contributed by atoms with Gasteiger partial charge in [0, 0.05) is 0 Å². The Morgan fingerprint density at radius 2 is 2.06 bits per heavy atom. The van der Waals surface area contributed by atoms with Crippen LogP contribution >= 0.6 is 11.6 Å². The fourth-order valence-corrected chi connectivity index (χ4v) is 2.55. The summed E-state index contributed by atoms with van der Waals surface area (Å²) in [7, 11) is 0. The van der Waals surface area contributed by atoms with Crippen LogP contribution in [0.3, 0.4) is 0 Å². The van der Waals surface area contributed by atoms with Crippen LogP contribution in [0.25, 0.3) is 0 Å². The third-order valence-electron chi connectivity index (χ3n) is 3.38. The Kier molecular flexibility index (Phi) is 4.48. The maximum atomic E-state index is 10.8. The fraction of sp³-hybridized carbons (Fsp3) is 0.500. The second-order valence-corrected chi connectivity index (χ2v) is 5.17. The van der Waals surface area contributed by atoms with E-state index < -0.39 is 5.97 Å². The molecule has 0 aromatic heterocycles. The van der Waals surface area contributed by atoms with Gasteiger partial charge in [-0.2, -0.15) is 0 Å². The molecule has 1 aliphatic carbocycles. The van der Waals surface area contributed by atoms with Crippen LogP contribution in [0, 0.1) is 5.92 Å². The van der Waals surface area contributed by atoms with Gasteiger partial charge in [-0.25, -0.2) is 4.79 Å². The SMILES string of the molecule is O=C(O)c1ccc(OCC2CCCCC2)c(Cl)c1. The monoisotopic (exact) mass is 268 g/mol. The molecule has 0 atom stereocenters. The van der Waals surface area contributed by atoms with E-state index in [0.29, 0.717) is 23.3 Å². The van der Waals surface area contributed by atoms with Crippen molar-refractivity contribution in [2.24, 2.45) is 5.92 Å². The molecule has 1 saturated carbocycles.